The van der Waals surface area contributed by atoms with Gasteiger partial charge in [-0.1, -0.05) is 24.3 Å². The zero-order valence-corrected chi connectivity index (χ0v) is 11.2. The van der Waals surface area contributed by atoms with Crippen molar-refractivity contribution in [3.05, 3.63) is 53.6 Å². The van der Waals surface area contributed by atoms with Crippen molar-refractivity contribution in [1.82, 2.24) is 0 Å². The molecule has 0 bridgehead atoms. The van der Waals surface area contributed by atoms with Crippen molar-refractivity contribution in [2.45, 2.75) is 0 Å². The molecular weight excluding hydrogens is 295 g/mol. The quantitative estimate of drug-likeness (QED) is 0.590. The van der Waals surface area contributed by atoms with Crippen molar-refractivity contribution in [3.63, 3.8) is 0 Å². The maximum atomic E-state index is 9.30. The van der Waals surface area contributed by atoms with E-state index in [1.807, 2.05) is 6.08 Å². The average Bonchev–Trinajstić information content (AvgIpc) is 2.27. The van der Waals surface area contributed by atoms with Crippen LogP contribution in [0.1, 0.15) is 11.1 Å². The first-order chi connectivity index (χ1) is 8.13. The molecule has 2 rings (SSSR count). The number of rotatable bonds is 2. The number of benzene rings is 2. The minimum atomic E-state index is 0. The summed E-state index contributed by atoms with van der Waals surface area (Å²) in [6.07, 6.45) is 3.60. The fraction of sp³-hybridized carbons (Fsp3) is 0. The third-order valence-electron chi connectivity index (χ3n) is 2.29. The molecule has 18 heavy (non-hydrogen) atoms. The Morgan fingerprint density at radius 1 is 0.611 bits per heavy atom. The van der Waals surface area contributed by atoms with Gasteiger partial charge in [-0.25, -0.2) is 0 Å². The number of hydrogen-bond donors (Lipinski definition) is 3. The van der Waals surface area contributed by atoms with Gasteiger partial charge in [0.2, 0.25) is 0 Å². The number of phenols is 3. The fourth-order valence-electron chi connectivity index (χ4n) is 1.49. The van der Waals surface area contributed by atoms with Gasteiger partial charge in [0.15, 0.2) is 0 Å². The van der Waals surface area contributed by atoms with Crippen LogP contribution in [0.4, 0.5) is 0 Å². The molecule has 0 aliphatic rings. The standard InChI is InChI=1S/C14H12O3.Se/c15-12-5-3-10(4-6-12)1-2-11-7-13(16)9-14(17)8-11;/h1-9,15-17H;. The average molecular weight is 307 g/mol. The molecule has 0 atom stereocenters. The predicted octanol–water partition coefficient (Wildman–Crippen LogP) is 2.59. The zero-order valence-electron chi connectivity index (χ0n) is 9.45. The molecule has 0 fully saturated rings. The molecule has 2 radical (unpaired) electrons. The van der Waals surface area contributed by atoms with E-state index in [0.29, 0.717) is 5.56 Å². The van der Waals surface area contributed by atoms with Crippen LogP contribution < -0.4 is 0 Å². The van der Waals surface area contributed by atoms with E-state index in [4.69, 9.17) is 5.11 Å². The molecule has 0 saturated carbocycles. The van der Waals surface area contributed by atoms with E-state index in [2.05, 4.69) is 0 Å². The van der Waals surface area contributed by atoms with Crippen LogP contribution >= 0.6 is 0 Å². The summed E-state index contributed by atoms with van der Waals surface area (Å²) in [5.74, 6) is 0.267. The van der Waals surface area contributed by atoms with Gasteiger partial charge in [0.05, 0.1) is 0 Å². The van der Waals surface area contributed by atoms with Crippen molar-refractivity contribution in [3.8, 4) is 17.2 Å². The van der Waals surface area contributed by atoms with E-state index < -0.39 is 0 Å². The number of hydrogen-bond acceptors (Lipinski definition) is 3. The minimum absolute atomic E-state index is 0. The number of phenolic OH excluding ortho intramolecular Hbond substituents is 3. The fourth-order valence-corrected chi connectivity index (χ4v) is 1.49. The Morgan fingerprint density at radius 2 is 1.11 bits per heavy atom. The smallest absolute Gasteiger partial charge is 0.119 e. The summed E-state index contributed by atoms with van der Waals surface area (Å²) in [5.41, 5.74) is 1.63. The molecule has 0 aliphatic heterocycles. The van der Waals surface area contributed by atoms with Crippen LogP contribution in [0, 0.1) is 0 Å². The maximum absolute atomic E-state index is 9.30. The molecule has 0 aliphatic carbocycles. The second-order valence-electron chi connectivity index (χ2n) is 3.71. The first-order valence-electron chi connectivity index (χ1n) is 5.13. The van der Waals surface area contributed by atoms with Crippen LogP contribution in [-0.2, 0) is 0 Å². The summed E-state index contributed by atoms with van der Waals surface area (Å²) >= 11 is 0. The van der Waals surface area contributed by atoms with Crippen molar-refractivity contribution in [2.24, 2.45) is 0 Å². The van der Waals surface area contributed by atoms with Gasteiger partial charge in [0.1, 0.15) is 17.2 Å². The molecular formula is C14H12O3Se. The predicted molar refractivity (Wildman–Crippen MR) is 72.6 cm³/mol. The van der Waals surface area contributed by atoms with Gasteiger partial charge in [-0.05, 0) is 35.4 Å². The largest absolute Gasteiger partial charge is 0.508 e. The number of aromatic hydroxyl groups is 3. The monoisotopic (exact) mass is 308 g/mol. The molecule has 3 nitrogen and oxygen atoms in total. The summed E-state index contributed by atoms with van der Waals surface area (Å²) in [6, 6.07) is 11.1. The Kier molecular flexibility index (Phi) is 4.84. The second kappa shape index (κ2) is 6.15. The van der Waals surface area contributed by atoms with Gasteiger partial charge in [-0.15, -0.1) is 0 Å². The van der Waals surface area contributed by atoms with Crippen LogP contribution in [-0.4, -0.2) is 32.4 Å². The topological polar surface area (TPSA) is 60.7 Å². The molecule has 2 aromatic rings. The summed E-state index contributed by atoms with van der Waals surface area (Å²) in [5, 5.41) is 27.7. The normalized spacial score (nSPS) is 10.2. The Balaban J connectivity index is 0.00000162. The Bertz CT molecular complexity index is 527. The van der Waals surface area contributed by atoms with E-state index >= 15 is 0 Å². The molecule has 0 amide bonds. The van der Waals surface area contributed by atoms with Gasteiger partial charge in [0, 0.05) is 23.1 Å². The molecule has 92 valence electrons. The second-order valence-corrected chi connectivity index (χ2v) is 3.71. The molecule has 0 unspecified atom stereocenters. The molecule has 0 aromatic heterocycles. The maximum Gasteiger partial charge on any atom is 0.119 e. The van der Waals surface area contributed by atoms with E-state index in [0.717, 1.165) is 5.56 Å². The van der Waals surface area contributed by atoms with Crippen LogP contribution in [0.3, 0.4) is 0 Å². The van der Waals surface area contributed by atoms with Crippen molar-refractivity contribution < 1.29 is 15.3 Å². The summed E-state index contributed by atoms with van der Waals surface area (Å²) in [4.78, 5) is 0. The van der Waals surface area contributed by atoms with Crippen molar-refractivity contribution in [1.29, 1.82) is 0 Å². The Hall–Kier alpha value is -1.90. The van der Waals surface area contributed by atoms with Gasteiger partial charge in [0.25, 0.3) is 0 Å². The summed E-state index contributed by atoms with van der Waals surface area (Å²) in [6.45, 7) is 0. The van der Waals surface area contributed by atoms with Crippen LogP contribution in [0.2, 0.25) is 0 Å². The van der Waals surface area contributed by atoms with E-state index in [-0.39, 0.29) is 34.3 Å². The van der Waals surface area contributed by atoms with Crippen LogP contribution in [0.15, 0.2) is 42.5 Å². The zero-order chi connectivity index (χ0) is 12.3. The van der Waals surface area contributed by atoms with Gasteiger partial charge in [-0.3, -0.25) is 0 Å². The third-order valence-corrected chi connectivity index (χ3v) is 2.29. The third kappa shape index (κ3) is 3.84. The minimum Gasteiger partial charge on any atom is -0.508 e. The Morgan fingerprint density at radius 3 is 1.67 bits per heavy atom. The van der Waals surface area contributed by atoms with E-state index in [9.17, 15) is 10.2 Å². The SMILES string of the molecule is Oc1ccc(C=Cc2cc(O)cc(O)c2)cc1.[Se]. The van der Waals surface area contributed by atoms with Gasteiger partial charge in [-0.2, -0.15) is 0 Å². The Labute approximate surface area is 116 Å². The van der Waals surface area contributed by atoms with Crippen molar-refractivity contribution >= 4 is 29.2 Å². The molecule has 0 saturated heterocycles. The summed E-state index contributed by atoms with van der Waals surface area (Å²) < 4.78 is 0. The van der Waals surface area contributed by atoms with Gasteiger partial charge < -0.3 is 15.3 Å². The first kappa shape index (κ1) is 14.2. The molecule has 3 N–H and O–H groups in total. The van der Waals surface area contributed by atoms with Crippen LogP contribution in [0.5, 0.6) is 17.2 Å². The van der Waals surface area contributed by atoms with E-state index in [1.165, 1.54) is 6.07 Å². The molecule has 4 heteroatoms. The van der Waals surface area contributed by atoms with Crippen LogP contribution in [0.25, 0.3) is 12.2 Å². The van der Waals surface area contributed by atoms with E-state index in [1.54, 1.807) is 42.5 Å². The summed E-state index contributed by atoms with van der Waals surface area (Å²) in [7, 11) is 0. The van der Waals surface area contributed by atoms with Crippen molar-refractivity contribution in [2.75, 3.05) is 0 Å². The molecule has 0 heterocycles. The molecule has 0 spiro atoms. The molecule has 2 aromatic carbocycles. The van der Waals surface area contributed by atoms with Gasteiger partial charge >= 0.3 is 0 Å². The first-order valence-corrected chi connectivity index (χ1v) is 5.13.